The van der Waals surface area contributed by atoms with Crippen LogP contribution in [0.1, 0.15) is 74.4 Å². The Morgan fingerprint density at radius 1 is 1.15 bits per heavy atom. The van der Waals surface area contributed by atoms with Crippen LogP contribution < -0.4 is 5.32 Å². The summed E-state index contributed by atoms with van der Waals surface area (Å²) >= 11 is 1.36. The number of rotatable bonds is 13. The van der Waals surface area contributed by atoms with Crippen molar-refractivity contribution < 1.29 is 18.3 Å². The van der Waals surface area contributed by atoms with Crippen LogP contribution in [0.2, 0.25) is 0 Å². The summed E-state index contributed by atoms with van der Waals surface area (Å²) in [6, 6.07) is 7.87. The number of unbranched alkanes of at least 4 members (excludes halogenated alkanes) is 7. The van der Waals surface area contributed by atoms with Crippen molar-refractivity contribution in [1.82, 2.24) is 9.46 Å². The Bertz CT molecular complexity index is 963. The monoisotopic (exact) mass is 491 g/mol. The Hall–Kier alpha value is -1.97. The van der Waals surface area contributed by atoms with E-state index in [4.69, 9.17) is 4.52 Å². The Morgan fingerprint density at radius 3 is 2.61 bits per heavy atom. The van der Waals surface area contributed by atoms with Crippen LogP contribution in [0.5, 0.6) is 0 Å². The van der Waals surface area contributed by atoms with Gasteiger partial charge < -0.3 is 9.84 Å². The van der Waals surface area contributed by atoms with Gasteiger partial charge in [0.2, 0.25) is 0 Å². The van der Waals surface area contributed by atoms with E-state index in [9.17, 15) is 13.8 Å². The zero-order valence-electron chi connectivity index (χ0n) is 19.4. The van der Waals surface area contributed by atoms with E-state index in [0.29, 0.717) is 17.1 Å². The number of carbonyl (C=O) groups is 2. The van der Waals surface area contributed by atoms with Gasteiger partial charge in [0.15, 0.2) is 23.4 Å². The molecule has 1 amide bonds. The number of carbonyl (C=O) groups excluding carboxylic acids is 2. The number of ketones is 1. The van der Waals surface area contributed by atoms with Gasteiger partial charge in [-0.05, 0) is 31.5 Å². The zero-order valence-corrected chi connectivity index (χ0v) is 21.0. The molecule has 7 nitrogen and oxygen atoms in total. The Kier molecular flexibility index (Phi) is 10.1. The van der Waals surface area contributed by atoms with Gasteiger partial charge in [-0.3, -0.25) is 13.8 Å². The van der Waals surface area contributed by atoms with Gasteiger partial charge in [-0.25, -0.2) is 4.31 Å². The fraction of sp³-hybridized carbons (Fsp3) is 0.542. The first-order valence-corrected chi connectivity index (χ1v) is 13.9. The lowest BCUT2D eigenvalue weighted by Crippen LogP contribution is -2.46. The van der Waals surface area contributed by atoms with E-state index in [0.717, 1.165) is 17.7 Å². The second-order valence-electron chi connectivity index (χ2n) is 8.33. The minimum absolute atomic E-state index is 0.226. The number of anilines is 1. The fourth-order valence-corrected chi connectivity index (χ4v) is 5.95. The lowest BCUT2D eigenvalue weighted by atomic mass is 10.0. The molecule has 0 saturated heterocycles. The van der Waals surface area contributed by atoms with E-state index < -0.39 is 22.7 Å². The Labute approximate surface area is 202 Å². The summed E-state index contributed by atoms with van der Waals surface area (Å²) in [4.78, 5) is 26.4. The smallest absolute Gasteiger partial charge is 0.251 e. The first-order chi connectivity index (χ1) is 16.0. The second kappa shape index (κ2) is 13.1. The average Bonchev–Trinajstić information content (AvgIpc) is 3.22. The number of benzene rings is 1. The average molecular weight is 492 g/mol. The minimum atomic E-state index is -1.03. The third kappa shape index (κ3) is 7.52. The maximum absolute atomic E-state index is 12.8. The van der Waals surface area contributed by atoms with Crippen LogP contribution in [0.3, 0.4) is 0 Å². The number of hydrogen-bond acceptors (Lipinski definition) is 7. The molecule has 1 aromatic heterocycles. The maximum Gasteiger partial charge on any atom is 0.251 e. The molecule has 2 aromatic rings. The van der Waals surface area contributed by atoms with Crippen molar-refractivity contribution >= 4 is 40.3 Å². The van der Waals surface area contributed by atoms with Crippen LogP contribution in [-0.2, 0) is 21.3 Å². The first kappa shape index (κ1) is 25.6. The molecule has 0 radical (unpaired) electrons. The van der Waals surface area contributed by atoms with Gasteiger partial charge in [0.25, 0.3) is 5.91 Å². The summed E-state index contributed by atoms with van der Waals surface area (Å²) in [6.45, 7) is 2.22. The van der Waals surface area contributed by atoms with E-state index >= 15 is 0 Å². The third-order valence-corrected chi connectivity index (χ3v) is 8.00. The minimum Gasteiger partial charge on any atom is -0.358 e. The number of Topliss-reactive ketones (excluding diaryl/α,β-unsaturated/α-hetero) is 1. The molecule has 2 heterocycles. The summed E-state index contributed by atoms with van der Waals surface area (Å²) in [5, 5.41) is 6.52. The molecule has 1 aromatic carbocycles. The lowest BCUT2D eigenvalue weighted by Gasteiger charge is -2.30. The molecule has 33 heavy (non-hydrogen) atoms. The summed E-state index contributed by atoms with van der Waals surface area (Å²) in [5.74, 6) is 0.875. The summed E-state index contributed by atoms with van der Waals surface area (Å²) < 4.78 is 19.2. The van der Waals surface area contributed by atoms with Crippen LogP contribution in [-0.4, -0.2) is 44.2 Å². The highest BCUT2D eigenvalue weighted by atomic mass is 32.2. The van der Waals surface area contributed by atoms with Gasteiger partial charge >= 0.3 is 0 Å². The molecule has 1 N–H and O–H groups in total. The second-order valence-corrected chi connectivity index (χ2v) is 11.1. The van der Waals surface area contributed by atoms with Crippen LogP contribution in [0.25, 0.3) is 0 Å². The largest absolute Gasteiger partial charge is 0.358 e. The molecule has 9 heteroatoms. The van der Waals surface area contributed by atoms with Crippen molar-refractivity contribution in [3.05, 3.63) is 41.7 Å². The molecule has 0 spiro atoms. The van der Waals surface area contributed by atoms with Gasteiger partial charge in [0.05, 0.1) is 5.75 Å². The predicted octanol–water partition coefficient (Wildman–Crippen LogP) is 5.21. The molecule has 0 bridgehead atoms. The van der Waals surface area contributed by atoms with E-state index in [2.05, 4.69) is 17.4 Å². The summed E-state index contributed by atoms with van der Waals surface area (Å²) in [6.07, 6.45) is 9.64. The topological polar surface area (TPSA) is 92.5 Å². The van der Waals surface area contributed by atoms with Crippen LogP contribution in [0, 0.1) is 0 Å². The third-order valence-electron chi connectivity index (χ3n) is 5.59. The number of fused-ring (bicyclic) bond motifs is 1. The molecule has 3 rings (SSSR count). The highest BCUT2D eigenvalue weighted by Gasteiger charge is 2.37. The number of nitrogens with zero attached hydrogens (tertiary/aromatic N) is 2. The van der Waals surface area contributed by atoms with E-state index in [1.807, 2.05) is 12.1 Å². The fourth-order valence-electron chi connectivity index (χ4n) is 3.82. The normalized spacial score (nSPS) is 17.0. The van der Waals surface area contributed by atoms with Gasteiger partial charge in [-0.1, -0.05) is 75.2 Å². The summed E-state index contributed by atoms with van der Waals surface area (Å²) in [5.41, 5.74) is 0.540. The number of aromatic nitrogens is 1. The standard InChI is InChI=1S/C24H33N3O4S2/c1-3-4-5-6-7-8-9-12-15-33(30)17-18-16-21(26-31-18)25-24(29)22-23(28)19-13-10-11-14-20(19)32-27(22)2/h10-11,13-14,16,22H,3-9,12,15,17H2,1-2H3,(H,25,26,29). The first-order valence-electron chi connectivity index (χ1n) is 11.6. The van der Waals surface area contributed by atoms with Crippen molar-refractivity contribution in [2.45, 2.75) is 75.0 Å². The molecular formula is C24H33N3O4S2. The number of hydrogen-bond donors (Lipinski definition) is 1. The highest BCUT2D eigenvalue weighted by Crippen LogP contribution is 2.34. The molecule has 0 saturated carbocycles. The molecule has 0 fully saturated rings. The molecular weight excluding hydrogens is 458 g/mol. The molecule has 1 aliphatic rings. The Morgan fingerprint density at radius 2 is 1.85 bits per heavy atom. The van der Waals surface area contributed by atoms with Crippen LogP contribution in [0.4, 0.5) is 5.82 Å². The van der Waals surface area contributed by atoms with Gasteiger partial charge in [-0.2, -0.15) is 0 Å². The van der Waals surface area contributed by atoms with Crippen LogP contribution in [0.15, 0.2) is 39.8 Å². The van der Waals surface area contributed by atoms with Crippen molar-refractivity contribution in [3.8, 4) is 0 Å². The van der Waals surface area contributed by atoms with Crippen molar-refractivity contribution in [2.24, 2.45) is 0 Å². The van der Waals surface area contributed by atoms with Crippen molar-refractivity contribution in [2.75, 3.05) is 18.1 Å². The molecule has 1 aliphatic heterocycles. The van der Waals surface area contributed by atoms with E-state index in [-0.39, 0.29) is 17.4 Å². The number of amides is 1. The highest BCUT2D eigenvalue weighted by molar-refractivity contribution is 7.97. The lowest BCUT2D eigenvalue weighted by molar-refractivity contribution is -0.118. The zero-order chi connectivity index (χ0) is 23.6. The molecule has 180 valence electrons. The summed E-state index contributed by atoms with van der Waals surface area (Å²) in [7, 11) is 0.680. The van der Waals surface area contributed by atoms with Gasteiger partial charge in [0, 0.05) is 33.1 Å². The van der Waals surface area contributed by atoms with E-state index in [1.54, 1.807) is 29.6 Å². The molecule has 2 unspecified atom stereocenters. The maximum atomic E-state index is 12.8. The quantitative estimate of drug-likeness (QED) is 0.234. The van der Waals surface area contributed by atoms with Crippen molar-refractivity contribution in [1.29, 1.82) is 0 Å². The SMILES string of the molecule is CCCCCCCCCCS(=O)Cc1cc(NC(=O)C2C(=O)c3ccccc3SN2C)no1. The molecule has 2 atom stereocenters. The Balaban J connectivity index is 1.42. The number of likely N-dealkylation sites (N-methyl/N-ethyl adjacent to an activating group) is 1. The van der Waals surface area contributed by atoms with Crippen molar-refractivity contribution in [3.63, 3.8) is 0 Å². The predicted molar refractivity (Wildman–Crippen MR) is 133 cm³/mol. The van der Waals surface area contributed by atoms with Crippen LogP contribution >= 0.6 is 11.9 Å². The van der Waals surface area contributed by atoms with Gasteiger partial charge in [-0.15, -0.1) is 0 Å². The molecule has 0 aliphatic carbocycles. The van der Waals surface area contributed by atoms with Gasteiger partial charge in [0.1, 0.15) is 0 Å². The van der Waals surface area contributed by atoms with E-state index in [1.165, 1.54) is 50.5 Å². The number of nitrogens with one attached hydrogen (secondary N) is 1.